The van der Waals surface area contributed by atoms with Crippen molar-refractivity contribution in [2.24, 2.45) is 0 Å². The van der Waals surface area contributed by atoms with Crippen molar-refractivity contribution in [1.82, 2.24) is 14.8 Å². The van der Waals surface area contributed by atoms with Crippen LogP contribution in [0, 0.1) is 0 Å². The average Bonchev–Trinajstić information content (AvgIpc) is 2.66. The molecule has 0 atom stereocenters. The minimum Gasteiger partial charge on any atom is -0.358 e. The van der Waals surface area contributed by atoms with Crippen LogP contribution in [0.25, 0.3) is 11.0 Å². The summed E-state index contributed by atoms with van der Waals surface area (Å²) < 4.78 is 7.59. The highest BCUT2D eigenvalue weighted by atomic mass is 32.3. The lowest BCUT2D eigenvalue weighted by Gasteiger charge is -2.46. The molecule has 0 aromatic carbocycles. The maximum Gasteiger partial charge on any atom is 0.140 e. The first-order valence-corrected chi connectivity index (χ1v) is 10.4. The summed E-state index contributed by atoms with van der Waals surface area (Å²) in [6.07, 6.45) is 13.0. The fourth-order valence-electron chi connectivity index (χ4n) is 1.60. The molecule has 102 valence electrons. The Hall–Kier alpha value is -1.07. The Morgan fingerprint density at radius 1 is 1.28 bits per heavy atom. The van der Waals surface area contributed by atoms with E-state index in [9.17, 15) is 0 Å². The molecule has 0 aliphatic carbocycles. The van der Waals surface area contributed by atoms with E-state index in [4.69, 9.17) is 4.74 Å². The summed E-state index contributed by atoms with van der Waals surface area (Å²) in [6.45, 7) is 1.29. The highest BCUT2D eigenvalue weighted by Gasteiger charge is 2.17. The van der Waals surface area contributed by atoms with Crippen LogP contribution < -0.4 is 0 Å². The van der Waals surface area contributed by atoms with Gasteiger partial charge in [0.15, 0.2) is 0 Å². The van der Waals surface area contributed by atoms with E-state index in [-0.39, 0.29) is 0 Å². The van der Waals surface area contributed by atoms with Gasteiger partial charge in [-0.15, -0.1) is 0 Å². The summed E-state index contributed by atoms with van der Waals surface area (Å²) in [5.41, 5.74) is 1.94. The Morgan fingerprint density at radius 3 is 2.78 bits per heavy atom. The molecular weight excluding hydrogens is 246 g/mol. The lowest BCUT2D eigenvalue weighted by Crippen LogP contribution is -2.20. The first kappa shape index (κ1) is 13.4. The second kappa shape index (κ2) is 4.55. The molecule has 5 heteroatoms. The van der Waals surface area contributed by atoms with Crippen molar-refractivity contribution in [3.63, 3.8) is 0 Å². The number of rotatable bonds is 5. The highest BCUT2D eigenvalue weighted by Crippen LogP contribution is 2.54. The summed E-state index contributed by atoms with van der Waals surface area (Å²) >= 11 is 0. The first-order valence-electron chi connectivity index (χ1n) is 6.16. The Morgan fingerprint density at radius 2 is 2.06 bits per heavy atom. The molecule has 0 saturated carbocycles. The molecule has 18 heavy (non-hydrogen) atoms. The molecule has 0 bridgehead atoms. The second-order valence-corrected chi connectivity index (χ2v) is 15.1. The lowest BCUT2D eigenvalue weighted by atomic mass is 10.4. The highest BCUT2D eigenvalue weighted by molar-refractivity contribution is 8.47. The number of thiol groups is 1. The van der Waals surface area contributed by atoms with Crippen LogP contribution in [-0.4, -0.2) is 52.1 Å². The molecular formula is C13H23N3OS. The summed E-state index contributed by atoms with van der Waals surface area (Å²) in [7, 11) is -1.46. The van der Waals surface area contributed by atoms with Crippen molar-refractivity contribution in [3.8, 4) is 0 Å². The van der Waals surface area contributed by atoms with E-state index in [0.717, 1.165) is 23.4 Å². The fourth-order valence-corrected chi connectivity index (χ4v) is 2.46. The van der Waals surface area contributed by atoms with Gasteiger partial charge in [0.25, 0.3) is 0 Å². The Balaban J connectivity index is 1.92. The molecule has 0 aliphatic rings. The predicted molar refractivity (Wildman–Crippen MR) is 81.0 cm³/mol. The summed E-state index contributed by atoms with van der Waals surface area (Å²) in [5.74, 6) is 1.14. The maximum atomic E-state index is 5.73. The van der Waals surface area contributed by atoms with E-state index in [1.807, 2.05) is 16.8 Å². The average molecular weight is 269 g/mol. The van der Waals surface area contributed by atoms with Crippen LogP contribution in [0.5, 0.6) is 0 Å². The van der Waals surface area contributed by atoms with Crippen LogP contribution in [0.2, 0.25) is 0 Å². The van der Waals surface area contributed by atoms with E-state index >= 15 is 0 Å². The van der Waals surface area contributed by atoms with Gasteiger partial charge in [-0.3, -0.25) is 14.1 Å². The number of hydrogen-bond donors (Lipinski definition) is 1. The predicted octanol–water partition coefficient (Wildman–Crippen LogP) is 2.00. The van der Waals surface area contributed by atoms with E-state index < -0.39 is 9.16 Å². The second-order valence-electron chi connectivity index (χ2n) is 6.76. The van der Waals surface area contributed by atoms with Crippen LogP contribution in [0.1, 0.15) is 0 Å². The molecule has 0 amide bonds. The van der Waals surface area contributed by atoms with Crippen molar-refractivity contribution in [2.45, 2.75) is 6.73 Å². The fraction of sp³-hybridized carbons (Fsp3) is 0.538. The van der Waals surface area contributed by atoms with Gasteiger partial charge in [-0.2, -0.15) is 5.10 Å². The van der Waals surface area contributed by atoms with Gasteiger partial charge in [-0.1, -0.05) is 0 Å². The molecule has 0 N–H and O–H groups in total. The largest absolute Gasteiger partial charge is 0.358 e. The number of pyridine rings is 1. The minimum atomic E-state index is -1.46. The standard InChI is InChI=1S/C13H23N3OS/c1-18(2,3,4)9-8-17-11-16-13-6-5-7-14-12(13)10-15-16/h5-7,10,18H,8-9,11H2,1-4H3. The molecule has 0 unspecified atom stereocenters. The molecule has 0 spiro atoms. The van der Waals surface area contributed by atoms with E-state index in [0.29, 0.717) is 6.73 Å². The number of nitrogens with zero attached hydrogens (tertiary/aromatic N) is 3. The van der Waals surface area contributed by atoms with Crippen LogP contribution in [0.15, 0.2) is 24.5 Å². The third kappa shape index (κ3) is 3.71. The van der Waals surface area contributed by atoms with Crippen molar-refractivity contribution in [1.29, 1.82) is 0 Å². The van der Waals surface area contributed by atoms with E-state index in [2.05, 4.69) is 35.1 Å². The zero-order valence-corrected chi connectivity index (χ0v) is 12.5. The van der Waals surface area contributed by atoms with E-state index in [1.54, 1.807) is 12.4 Å². The normalized spacial score (nSPS) is 14.6. The Kier molecular flexibility index (Phi) is 3.38. The van der Waals surface area contributed by atoms with Crippen molar-refractivity contribution >= 4 is 20.2 Å². The van der Waals surface area contributed by atoms with Crippen molar-refractivity contribution in [2.75, 3.05) is 37.4 Å². The first-order chi connectivity index (χ1) is 8.31. The quantitative estimate of drug-likeness (QED) is 0.666. The van der Waals surface area contributed by atoms with Gasteiger partial charge in [0, 0.05) is 6.20 Å². The molecule has 0 saturated heterocycles. The summed E-state index contributed by atoms with van der Waals surface area (Å²) in [5, 5.41) is 4.29. The topological polar surface area (TPSA) is 39.9 Å². The van der Waals surface area contributed by atoms with Gasteiger partial charge in [0.1, 0.15) is 12.2 Å². The van der Waals surface area contributed by atoms with Crippen LogP contribution >= 0.6 is 9.16 Å². The molecule has 0 fully saturated rings. The van der Waals surface area contributed by atoms with Gasteiger partial charge in [0.05, 0.1) is 18.3 Å². The third-order valence-corrected chi connectivity index (χ3v) is 4.73. The maximum absolute atomic E-state index is 5.73. The molecule has 2 heterocycles. The number of aromatic nitrogens is 3. The summed E-state index contributed by atoms with van der Waals surface area (Å²) in [4.78, 5) is 4.25. The van der Waals surface area contributed by atoms with Gasteiger partial charge in [-0.05, 0) is 42.9 Å². The van der Waals surface area contributed by atoms with Gasteiger partial charge >= 0.3 is 0 Å². The van der Waals surface area contributed by atoms with Gasteiger partial charge in [-0.25, -0.2) is 4.68 Å². The molecule has 4 nitrogen and oxygen atoms in total. The third-order valence-electron chi connectivity index (χ3n) is 2.76. The monoisotopic (exact) mass is 269 g/mol. The van der Waals surface area contributed by atoms with Crippen molar-refractivity contribution in [3.05, 3.63) is 24.5 Å². The van der Waals surface area contributed by atoms with Crippen LogP contribution in [0.3, 0.4) is 0 Å². The molecule has 0 radical (unpaired) electrons. The van der Waals surface area contributed by atoms with E-state index in [1.165, 1.54) is 0 Å². The number of ether oxygens (including phenoxy) is 1. The zero-order chi connectivity index (χ0) is 13.3. The van der Waals surface area contributed by atoms with Crippen molar-refractivity contribution < 1.29 is 4.74 Å². The number of fused-ring (bicyclic) bond motifs is 1. The van der Waals surface area contributed by atoms with Gasteiger partial charge in [0.2, 0.25) is 0 Å². The van der Waals surface area contributed by atoms with Gasteiger partial charge < -0.3 is 4.74 Å². The number of hydrogen-bond acceptors (Lipinski definition) is 3. The zero-order valence-electron chi connectivity index (χ0n) is 11.6. The smallest absolute Gasteiger partial charge is 0.140 e. The summed E-state index contributed by atoms with van der Waals surface area (Å²) in [6, 6.07) is 3.93. The Labute approximate surface area is 109 Å². The van der Waals surface area contributed by atoms with Crippen LogP contribution in [-0.2, 0) is 11.5 Å². The lowest BCUT2D eigenvalue weighted by molar-refractivity contribution is 0.0839. The molecule has 0 aliphatic heterocycles. The Bertz CT molecular complexity index is 532. The minimum absolute atomic E-state index is 0.502. The van der Waals surface area contributed by atoms with Crippen LogP contribution in [0.4, 0.5) is 0 Å². The molecule has 2 aromatic heterocycles. The molecule has 2 aromatic rings. The SMILES string of the molecule is C[SH](C)(C)(C)CCOCn1ncc2ncccc21. The molecule has 2 rings (SSSR count).